The molecule has 0 spiro atoms. The summed E-state index contributed by atoms with van der Waals surface area (Å²) in [6.07, 6.45) is 9.63. The van der Waals surface area contributed by atoms with Crippen LogP contribution >= 0.6 is 0 Å². The second-order valence-electron chi connectivity index (χ2n) is 4.58. The normalized spacial score (nSPS) is 14.4. The number of unbranched alkanes of at least 4 members (excludes halogenated alkanes) is 4. The molecule has 1 atom stereocenters. The van der Waals surface area contributed by atoms with Crippen LogP contribution in [0, 0.1) is 5.41 Å². The van der Waals surface area contributed by atoms with Gasteiger partial charge in [-0.25, -0.2) is 0 Å². The van der Waals surface area contributed by atoms with E-state index < -0.39 is 11.4 Å². The number of aliphatic carboxylic acids is 1. The molecule has 0 aliphatic carbocycles. The van der Waals surface area contributed by atoms with Crippen molar-refractivity contribution in [3.05, 3.63) is 12.7 Å². The maximum absolute atomic E-state index is 11.4. The molecule has 0 aliphatic heterocycles. The second kappa shape index (κ2) is 8.37. The molecule has 0 saturated heterocycles. The van der Waals surface area contributed by atoms with Crippen LogP contribution in [0.15, 0.2) is 12.7 Å². The van der Waals surface area contributed by atoms with Crippen molar-refractivity contribution in [3.8, 4) is 0 Å². The molecule has 0 aromatic heterocycles. The molecule has 0 aromatic rings. The average Bonchev–Trinajstić information content (AvgIpc) is 2.28. The van der Waals surface area contributed by atoms with E-state index in [4.69, 9.17) is 0 Å². The molecule has 0 radical (unpaired) electrons. The van der Waals surface area contributed by atoms with E-state index in [1.807, 2.05) is 0 Å². The Morgan fingerprint density at radius 3 is 2.12 bits per heavy atom. The van der Waals surface area contributed by atoms with Crippen LogP contribution in [-0.2, 0) is 4.79 Å². The Kier molecular flexibility index (Phi) is 7.96. The summed E-state index contributed by atoms with van der Waals surface area (Å²) in [7, 11) is 0. The van der Waals surface area contributed by atoms with Gasteiger partial charge < -0.3 is 5.11 Å². The third-order valence-electron chi connectivity index (χ3n) is 3.27. The molecule has 0 aromatic carbocycles. The van der Waals surface area contributed by atoms with E-state index in [1.54, 1.807) is 6.08 Å². The maximum atomic E-state index is 11.4. The van der Waals surface area contributed by atoms with E-state index in [0.717, 1.165) is 38.5 Å². The molecule has 0 aliphatic rings. The number of hydrogen-bond acceptors (Lipinski definition) is 1. The van der Waals surface area contributed by atoms with Crippen LogP contribution in [-0.4, -0.2) is 11.1 Å². The Hall–Kier alpha value is -0.790. The summed E-state index contributed by atoms with van der Waals surface area (Å²) in [6.45, 7) is 7.98. The first-order valence-corrected chi connectivity index (χ1v) is 6.50. The topological polar surface area (TPSA) is 37.3 Å². The summed E-state index contributed by atoms with van der Waals surface area (Å²) in [5.41, 5.74) is -0.677. The van der Waals surface area contributed by atoms with Gasteiger partial charge in [-0.15, -0.1) is 6.58 Å². The highest BCUT2D eigenvalue weighted by Crippen LogP contribution is 2.33. The summed E-state index contributed by atoms with van der Waals surface area (Å²) < 4.78 is 0. The molecular formula is C14H26O2. The predicted octanol–water partition coefficient (Wildman–Crippen LogP) is 4.40. The highest BCUT2D eigenvalue weighted by Gasteiger charge is 2.33. The zero-order valence-corrected chi connectivity index (χ0v) is 10.8. The smallest absolute Gasteiger partial charge is 0.313 e. The Labute approximate surface area is 99.7 Å². The minimum Gasteiger partial charge on any atom is -0.481 e. The van der Waals surface area contributed by atoms with Crippen LogP contribution in [0.25, 0.3) is 0 Å². The maximum Gasteiger partial charge on any atom is 0.313 e. The molecule has 0 fully saturated rings. The van der Waals surface area contributed by atoms with Crippen LogP contribution < -0.4 is 0 Å². The first-order chi connectivity index (χ1) is 7.63. The minimum absolute atomic E-state index is 0.677. The lowest BCUT2D eigenvalue weighted by atomic mass is 9.78. The van der Waals surface area contributed by atoms with Gasteiger partial charge in [0, 0.05) is 0 Å². The van der Waals surface area contributed by atoms with E-state index in [1.165, 1.54) is 12.8 Å². The molecular weight excluding hydrogens is 200 g/mol. The fourth-order valence-electron chi connectivity index (χ4n) is 1.99. The number of carbonyl (C=O) groups is 1. The average molecular weight is 226 g/mol. The predicted molar refractivity (Wildman–Crippen MR) is 68.5 cm³/mol. The standard InChI is InChI=1S/C14H26O2/c1-4-7-9-10-12-14(6-3,13(15)16)11-8-5-2/h6H,3-5,7-12H2,1-2H3,(H,15,16). The molecule has 2 nitrogen and oxygen atoms in total. The molecule has 0 amide bonds. The molecule has 0 heterocycles. The molecule has 0 bridgehead atoms. The van der Waals surface area contributed by atoms with E-state index in [2.05, 4.69) is 20.4 Å². The van der Waals surface area contributed by atoms with Crippen molar-refractivity contribution < 1.29 is 9.90 Å². The van der Waals surface area contributed by atoms with Gasteiger partial charge in [0.05, 0.1) is 5.41 Å². The Balaban J connectivity index is 4.27. The first-order valence-electron chi connectivity index (χ1n) is 6.50. The van der Waals surface area contributed by atoms with Crippen molar-refractivity contribution in [1.29, 1.82) is 0 Å². The van der Waals surface area contributed by atoms with Gasteiger partial charge >= 0.3 is 5.97 Å². The van der Waals surface area contributed by atoms with Gasteiger partial charge in [-0.05, 0) is 12.8 Å². The van der Waals surface area contributed by atoms with Gasteiger partial charge in [-0.2, -0.15) is 0 Å². The van der Waals surface area contributed by atoms with Gasteiger partial charge in [0.2, 0.25) is 0 Å². The highest BCUT2D eigenvalue weighted by molar-refractivity contribution is 5.76. The van der Waals surface area contributed by atoms with Crippen molar-refractivity contribution in [2.75, 3.05) is 0 Å². The first kappa shape index (κ1) is 15.2. The largest absolute Gasteiger partial charge is 0.481 e. The molecule has 16 heavy (non-hydrogen) atoms. The van der Waals surface area contributed by atoms with Crippen LogP contribution in [0.2, 0.25) is 0 Å². The van der Waals surface area contributed by atoms with Gasteiger partial charge in [-0.1, -0.05) is 58.4 Å². The quantitative estimate of drug-likeness (QED) is 0.442. The van der Waals surface area contributed by atoms with Crippen molar-refractivity contribution in [2.45, 2.75) is 65.2 Å². The summed E-state index contributed by atoms with van der Waals surface area (Å²) >= 11 is 0. The lowest BCUT2D eigenvalue weighted by Crippen LogP contribution is -2.28. The van der Waals surface area contributed by atoms with Crippen molar-refractivity contribution in [1.82, 2.24) is 0 Å². The van der Waals surface area contributed by atoms with E-state index in [-0.39, 0.29) is 0 Å². The van der Waals surface area contributed by atoms with Gasteiger partial charge in [0.25, 0.3) is 0 Å². The van der Waals surface area contributed by atoms with Crippen molar-refractivity contribution >= 4 is 5.97 Å². The summed E-state index contributed by atoms with van der Waals surface area (Å²) in [6, 6.07) is 0. The Morgan fingerprint density at radius 2 is 1.69 bits per heavy atom. The summed E-state index contributed by atoms with van der Waals surface area (Å²) in [5.74, 6) is -0.701. The summed E-state index contributed by atoms with van der Waals surface area (Å²) in [4.78, 5) is 11.4. The highest BCUT2D eigenvalue weighted by atomic mass is 16.4. The molecule has 1 N–H and O–H groups in total. The van der Waals surface area contributed by atoms with Crippen LogP contribution in [0.1, 0.15) is 65.2 Å². The fourth-order valence-corrected chi connectivity index (χ4v) is 1.99. The number of hydrogen-bond donors (Lipinski definition) is 1. The Morgan fingerprint density at radius 1 is 1.12 bits per heavy atom. The van der Waals surface area contributed by atoms with Crippen molar-refractivity contribution in [3.63, 3.8) is 0 Å². The third kappa shape index (κ3) is 4.82. The number of carboxylic acid groups (broad SMARTS) is 1. The van der Waals surface area contributed by atoms with Crippen LogP contribution in [0.3, 0.4) is 0 Å². The van der Waals surface area contributed by atoms with Gasteiger partial charge in [-0.3, -0.25) is 4.79 Å². The molecule has 2 heteroatoms. The van der Waals surface area contributed by atoms with Crippen LogP contribution in [0.4, 0.5) is 0 Å². The molecule has 94 valence electrons. The van der Waals surface area contributed by atoms with Gasteiger partial charge in [0.15, 0.2) is 0 Å². The third-order valence-corrected chi connectivity index (χ3v) is 3.27. The minimum atomic E-state index is -0.701. The fraction of sp³-hybridized carbons (Fsp3) is 0.786. The monoisotopic (exact) mass is 226 g/mol. The second-order valence-corrected chi connectivity index (χ2v) is 4.58. The lowest BCUT2D eigenvalue weighted by molar-refractivity contribution is -0.146. The summed E-state index contributed by atoms with van der Waals surface area (Å²) in [5, 5.41) is 9.34. The number of carboxylic acids is 1. The molecule has 0 saturated carbocycles. The number of rotatable bonds is 10. The van der Waals surface area contributed by atoms with Gasteiger partial charge in [0.1, 0.15) is 0 Å². The van der Waals surface area contributed by atoms with E-state index in [0.29, 0.717) is 0 Å². The van der Waals surface area contributed by atoms with Crippen molar-refractivity contribution in [2.24, 2.45) is 5.41 Å². The van der Waals surface area contributed by atoms with E-state index in [9.17, 15) is 9.90 Å². The zero-order chi connectivity index (χ0) is 12.4. The SMILES string of the molecule is C=CC(CCCC)(CCCCCC)C(=O)O. The lowest BCUT2D eigenvalue weighted by Gasteiger charge is -2.25. The zero-order valence-electron chi connectivity index (χ0n) is 10.8. The molecule has 1 unspecified atom stereocenters. The molecule has 0 rings (SSSR count). The van der Waals surface area contributed by atoms with Crippen LogP contribution in [0.5, 0.6) is 0 Å². The Bertz CT molecular complexity index is 211. The van der Waals surface area contributed by atoms with E-state index >= 15 is 0 Å².